The first-order chi connectivity index (χ1) is 16.0. The van der Waals surface area contributed by atoms with Gasteiger partial charge in [0.2, 0.25) is 0 Å². The summed E-state index contributed by atoms with van der Waals surface area (Å²) in [5.41, 5.74) is 3.58. The molecule has 1 aliphatic rings. The number of rotatable bonds is 8. The number of nitrogens with one attached hydrogen (secondary N) is 1. The first kappa shape index (κ1) is 23.1. The number of fused-ring (bicyclic) bond motifs is 1. The zero-order valence-corrected chi connectivity index (χ0v) is 19.6. The molecule has 0 bridgehead atoms. The van der Waals surface area contributed by atoms with Gasteiger partial charge in [0.25, 0.3) is 0 Å². The van der Waals surface area contributed by atoms with Gasteiger partial charge in [0.1, 0.15) is 6.61 Å². The van der Waals surface area contributed by atoms with Gasteiger partial charge in [-0.2, -0.15) is 0 Å². The number of nitrogens with zero attached hydrogens (tertiary/aromatic N) is 1. The fourth-order valence-corrected chi connectivity index (χ4v) is 4.55. The maximum Gasteiger partial charge on any atom is 0.410 e. The SMILES string of the molecule is CCC(O)(C=Cc1ccc2[nH]cc(C[C@H]3CCCN3C(=O)OCc3ccccc3)c2c1)CC. The van der Waals surface area contributed by atoms with Crippen LogP contribution in [0.4, 0.5) is 4.79 Å². The zero-order valence-electron chi connectivity index (χ0n) is 19.6. The highest BCUT2D eigenvalue weighted by atomic mass is 16.6. The Morgan fingerprint density at radius 3 is 2.76 bits per heavy atom. The summed E-state index contributed by atoms with van der Waals surface area (Å²) in [4.78, 5) is 18.0. The normalized spacial score (nSPS) is 16.7. The van der Waals surface area contributed by atoms with Gasteiger partial charge >= 0.3 is 6.09 Å². The van der Waals surface area contributed by atoms with E-state index >= 15 is 0 Å². The molecular weight excluding hydrogens is 412 g/mol. The molecule has 2 aromatic carbocycles. The molecule has 0 spiro atoms. The Labute approximate surface area is 196 Å². The van der Waals surface area contributed by atoms with Crippen LogP contribution >= 0.6 is 0 Å². The summed E-state index contributed by atoms with van der Waals surface area (Å²) in [5.74, 6) is 0. The largest absolute Gasteiger partial charge is 0.445 e. The molecule has 3 aromatic rings. The van der Waals surface area contributed by atoms with Crippen molar-refractivity contribution < 1.29 is 14.6 Å². The van der Waals surface area contributed by atoms with Crippen molar-refractivity contribution in [1.29, 1.82) is 0 Å². The maximum atomic E-state index is 12.8. The van der Waals surface area contributed by atoms with E-state index in [1.807, 2.05) is 61.2 Å². The molecular formula is C28H34N2O3. The number of carbonyl (C=O) groups is 1. The molecule has 1 aliphatic heterocycles. The zero-order chi connectivity index (χ0) is 23.3. The van der Waals surface area contributed by atoms with Crippen LogP contribution in [-0.2, 0) is 17.8 Å². The van der Waals surface area contributed by atoms with Crippen molar-refractivity contribution in [2.24, 2.45) is 0 Å². The minimum Gasteiger partial charge on any atom is -0.445 e. The second-order valence-corrected chi connectivity index (χ2v) is 9.00. The van der Waals surface area contributed by atoms with E-state index in [0.717, 1.165) is 47.8 Å². The Kier molecular flexibility index (Phi) is 7.19. The van der Waals surface area contributed by atoms with Gasteiger partial charge in [-0.3, -0.25) is 0 Å². The van der Waals surface area contributed by atoms with Crippen LogP contribution in [0, 0.1) is 0 Å². The number of ether oxygens (including phenoxy) is 1. The highest BCUT2D eigenvalue weighted by molar-refractivity contribution is 5.85. The predicted octanol–water partition coefficient (Wildman–Crippen LogP) is 6.08. The lowest BCUT2D eigenvalue weighted by Crippen LogP contribution is -2.37. The van der Waals surface area contributed by atoms with Crippen molar-refractivity contribution in [3.05, 3.63) is 77.5 Å². The maximum absolute atomic E-state index is 12.8. The molecule has 5 nitrogen and oxygen atoms in total. The molecule has 1 saturated heterocycles. The molecule has 1 amide bonds. The first-order valence-corrected chi connectivity index (χ1v) is 12.0. The molecule has 1 fully saturated rings. The van der Waals surface area contributed by atoms with Crippen LogP contribution < -0.4 is 0 Å². The summed E-state index contributed by atoms with van der Waals surface area (Å²) in [6.07, 6.45) is 9.88. The quantitative estimate of drug-likeness (QED) is 0.441. The Balaban J connectivity index is 1.46. The van der Waals surface area contributed by atoms with E-state index in [9.17, 15) is 9.90 Å². The number of hydrogen-bond acceptors (Lipinski definition) is 3. The molecule has 5 heteroatoms. The predicted molar refractivity (Wildman–Crippen MR) is 133 cm³/mol. The van der Waals surface area contributed by atoms with E-state index in [2.05, 4.69) is 29.4 Å². The van der Waals surface area contributed by atoms with Crippen LogP contribution in [0.2, 0.25) is 0 Å². The van der Waals surface area contributed by atoms with Crippen molar-refractivity contribution in [1.82, 2.24) is 9.88 Å². The average molecular weight is 447 g/mol. The molecule has 33 heavy (non-hydrogen) atoms. The number of aromatic nitrogens is 1. The van der Waals surface area contributed by atoms with Crippen LogP contribution in [-0.4, -0.2) is 39.3 Å². The van der Waals surface area contributed by atoms with Gasteiger partial charge in [-0.15, -0.1) is 0 Å². The van der Waals surface area contributed by atoms with Crippen molar-refractivity contribution in [3.8, 4) is 0 Å². The standard InChI is InChI=1S/C28H34N2O3/c1-3-28(32,4-2)15-14-21-12-13-26-25(17-21)23(19-29-26)18-24-11-8-16-30(24)27(31)33-20-22-9-6-5-7-10-22/h5-7,9-10,12-15,17,19,24,29,32H,3-4,8,11,16,18,20H2,1-2H3/t24-/m1/s1. The Morgan fingerprint density at radius 2 is 2.00 bits per heavy atom. The van der Waals surface area contributed by atoms with E-state index in [4.69, 9.17) is 4.74 Å². The van der Waals surface area contributed by atoms with Crippen LogP contribution in [0.3, 0.4) is 0 Å². The Bertz CT molecular complexity index is 1100. The lowest BCUT2D eigenvalue weighted by atomic mass is 9.95. The number of amides is 1. The van der Waals surface area contributed by atoms with E-state index < -0.39 is 5.60 Å². The first-order valence-electron chi connectivity index (χ1n) is 12.0. The van der Waals surface area contributed by atoms with Gasteiger partial charge in [-0.1, -0.05) is 62.4 Å². The van der Waals surface area contributed by atoms with Crippen molar-refractivity contribution in [2.75, 3.05) is 6.54 Å². The fourth-order valence-electron chi connectivity index (χ4n) is 4.55. The van der Waals surface area contributed by atoms with Crippen LogP contribution in [0.5, 0.6) is 0 Å². The molecule has 0 aliphatic carbocycles. The number of H-pyrrole nitrogens is 1. The molecule has 0 radical (unpaired) electrons. The summed E-state index contributed by atoms with van der Waals surface area (Å²) in [6, 6.07) is 16.2. The third-order valence-electron chi connectivity index (χ3n) is 6.87. The van der Waals surface area contributed by atoms with Crippen molar-refractivity contribution >= 4 is 23.1 Å². The summed E-state index contributed by atoms with van der Waals surface area (Å²) in [7, 11) is 0. The average Bonchev–Trinajstić information content (AvgIpc) is 3.49. The second kappa shape index (κ2) is 10.3. The van der Waals surface area contributed by atoms with Crippen molar-refractivity contribution in [2.45, 2.75) is 64.2 Å². The summed E-state index contributed by atoms with van der Waals surface area (Å²) in [6.45, 7) is 5.04. The van der Waals surface area contributed by atoms with Gasteiger partial charge < -0.3 is 19.7 Å². The molecule has 1 atom stereocenters. The number of hydrogen-bond donors (Lipinski definition) is 2. The van der Waals surface area contributed by atoms with E-state index in [-0.39, 0.29) is 12.1 Å². The summed E-state index contributed by atoms with van der Waals surface area (Å²) >= 11 is 0. The van der Waals surface area contributed by atoms with Gasteiger partial charge in [-0.25, -0.2) is 4.79 Å². The van der Waals surface area contributed by atoms with Gasteiger partial charge in [0.05, 0.1) is 5.60 Å². The highest BCUT2D eigenvalue weighted by Gasteiger charge is 2.30. The smallest absolute Gasteiger partial charge is 0.410 e. The number of benzene rings is 2. The van der Waals surface area contributed by atoms with Crippen LogP contribution in [0.1, 0.15) is 56.2 Å². The second-order valence-electron chi connectivity index (χ2n) is 9.00. The fraction of sp³-hybridized carbons (Fsp3) is 0.393. The monoisotopic (exact) mass is 446 g/mol. The minimum atomic E-state index is -0.763. The lowest BCUT2D eigenvalue weighted by Gasteiger charge is -2.24. The highest BCUT2D eigenvalue weighted by Crippen LogP contribution is 2.28. The molecule has 0 saturated carbocycles. The molecule has 2 heterocycles. The molecule has 174 valence electrons. The van der Waals surface area contributed by atoms with Gasteiger partial charge in [-0.05, 0) is 60.9 Å². The minimum absolute atomic E-state index is 0.136. The lowest BCUT2D eigenvalue weighted by molar-refractivity contribution is 0.0836. The summed E-state index contributed by atoms with van der Waals surface area (Å²) in [5, 5.41) is 11.7. The van der Waals surface area contributed by atoms with Crippen molar-refractivity contribution in [3.63, 3.8) is 0 Å². The third kappa shape index (κ3) is 5.48. The summed E-state index contributed by atoms with van der Waals surface area (Å²) < 4.78 is 5.60. The third-order valence-corrected chi connectivity index (χ3v) is 6.87. The number of carbonyl (C=O) groups excluding carboxylic acids is 1. The topological polar surface area (TPSA) is 65.6 Å². The molecule has 4 rings (SSSR count). The number of aliphatic hydroxyl groups is 1. The van der Waals surface area contributed by atoms with E-state index in [0.29, 0.717) is 19.4 Å². The van der Waals surface area contributed by atoms with E-state index in [1.165, 1.54) is 5.56 Å². The Hall–Kier alpha value is -3.05. The van der Waals surface area contributed by atoms with Crippen LogP contribution in [0.15, 0.2) is 60.8 Å². The number of aromatic amines is 1. The molecule has 1 aromatic heterocycles. The van der Waals surface area contributed by atoms with E-state index in [1.54, 1.807) is 0 Å². The Morgan fingerprint density at radius 1 is 1.21 bits per heavy atom. The van der Waals surface area contributed by atoms with Gasteiger partial charge in [0, 0.05) is 29.7 Å². The molecule has 2 N–H and O–H groups in total. The molecule has 0 unspecified atom stereocenters. The van der Waals surface area contributed by atoms with Gasteiger partial charge in [0.15, 0.2) is 0 Å². The van der Waals surface area contributed by atoms with Crippen LogP contribution in [0.25, 0.3) is 17.0 Å². The number of likely N-dealkylation sites (tertiary alicyclic amines) is 1.